The molecule has 3 rings (SSSR count). The molecule has 1 amide bonds. The zero-order chi connectivity index (χ0) is 17.3. The summed E-state index contributed by atoms with van der Waals surface area (Å²) in [6, 6.07) is 6.07. The molecule has 0 saturated heterocycles. The van der Waals surface area contributed by atoms with Crippen LogP contribution in [0.5, 0.6) is 0 Å². The van der Waals surface area contributed by atoms with Crippen molar-refractivity contribution in [3.05, 3.63) is 64.2 Å². The van der Waals surface area contributed by atoms with Gasteiger partial charge in [0.2, 0.25) is 0 Å². The van der Waals surface area contributed by atoms with E-state index < -0.39 is 0 Å². The number of fused-ring (bicyclic) bond motifs is 1. The summed E-state index contributed by atoms with van der Waals surface area (Å²) in [5, 5.41) is 4.01. The lowest BCUT2D eigenvalue weighted by molar-refractivity contribution is 0.0927. The number of benzene rings is 1. The molecule has 1 aromatic carbocycles. The highest BCUT2D eigenvalue weighted by Gasteiger charge is 2.19. The first-order chi connectivity index (χ1) is 11.5. The first-order valence-electron chi connectivity index (χ1n) is 8.16. The predicted molar refractivity (Wildman–Crippen MR) is 95.4 cm³/mol. The van der Waals surface area contributed by atoms with E-state index in [1.54, 1.807) is 6.20 Å². The maximum Gasteiger partial charge on any atom is 0.287 e. The quantitative estimate of drug-likeness (QED) is 0.789. The van der Waals surface area contributed by atoms with Crippen molar-refractivity contribution in [2.45, 2.75) is 34.1 Å². The van der Waals surface area contributed by atoms with Crippen LogP contribution >= 0.6 is 0 Å². The van der Waals surface area contributed by atoms with Gasteiger partial charge in [-0.2, -0.15) is 0 Å². The van der Waals surface area contributed by atoms with E-state index in [9.17, 15) is 4.79 Å². The van der Waals surface area contributed by atoms with Crippen LogP contribution < -0.4 is 5.32 Å². The van der Waals surface area contributed by atoms with Crippen LogP contribution in [0.4, 0.5) is 0 Å². The highest BCUT2D eigenvalue weighted by molar-refractivity contribution is 6.00. The molecule has 0 aliphatic carbocycles. The van der Waals surface area contributed by atoms with Crippen LogP contribution in [0.1, 0.15) is 38.4 Å². The summed E-state index contributed by atoms with van der Waals surface area (Å²) < 4.78 is 5.88. The fourth-order valence-electron chi connectivity index (χ4n) is 3.07. The fourth-order valence-corrected chi connectivity index (χ4v) is 3.07. The molecule has 0 aliphatic heterocycles. The number of pyridine rings is 1. The number of nitrogens with zero attached hydrogens (tertiary/aromatic N) is 1. The van der Waals surface area contributed by atoms with Crippen LogP contribution in [0.3, 0.4) is 0 Å². The van der Waals surface area contributed by atoms with Crippen molar-refractivity contribution in [3.8, 4) is 0 Å². The van der Waals surface area contributed by atoms with Gasteiger partial charge in [-0.25, -0.2) is 0 Å². The predicted octanol–water partition coefficient (Wildman–Crippen LogP) is 4.03. The van der Waals surface area contributed by atoms with Crippen LogP contribution in [0.15, 0.2) is 35.0 Å². The van der Waals surface area contributed by atoms with Crippen molar-refractivity contribution in [1.29, 1.82) is 0 Å². The first-order valence-corrected chi connectivity index (χ1v) is 8.16. The Morgan fingerprint density at radius 2 is 1.83 bits per heavy atom. The molecule has 4 nitrogen and oxygen atoms in total. The molecule has 24 heavy (non-hydrogen) atoms. The van der Waals surface area contributed by atoms with Crippen LogP contribution in [-0.2, 0) is 6.42 Å². The van der Waals surface area contributed by atoms with Gasteiger partial charge in [-0.05, 0) is 62.4 Å². The lowest BCUT2D eigenvalue weighted by atomic mass is 10.0. The maximum atomic E-state index is 12.5. The molecule has 1 N–H and O–H groups in total. The molecule has 0 fully saturated rings. The number of aromatic nitrogens is 1. The zero-order valence-electron chi connectivity index (χ0n) is 14.6. The van der Waals surface area contributed by atoms with Gasteiger partial charge in [0.25, 0.3) is 5.91 Å². The van der Waals surface area contributed by atoms with Gasteiger partial charge in [-0.15, -0.1) is 0 Å². The third kappa shape index (κ3) is 2.92. The Morgan fingerprint density at radius 1 is 1.08 bits per heavy atom. The summed E-state index contributed by atoms with van der Waals surface area (Å²) in [6.07, 6.45) is 4.39. The number of aryl methyl sites for hydroxylation is 4. The van der Waals surface area contributed by atoms with E-state index in [-0.39, 0.29) is 5.91 Å². The number of carbonyl (C=O) groups is 1. The molecule has 3 aromatic rings. The monoisotopic (exact) mass is 322 g/mol. The normalized spacial score (nSPS) is 11.0. The van der Waals surface area contributed by atoms with E-state index in [1.165, 1.54) is 5.56 Å². The molecule has 2 aromatic heterocycles. The van der Waals surface area contributed by atoms with E-state index >= 15 is 0 Å². The molecule has 0 atom stereocenters. The summed E-state index contributed by atoms with van der Waals surface area (Å²) in [7, 11) is 0. The van der Waals surface area contributed by atoms with Crippen LogP contribution in [0.2, 0.25) is 0 Å². The second-order valence-corrected chi connectivity index (χ2v) is 6.27. The topological polar surface area (TPSA) is 55.1 Å². The van der Waals surface area contributed by atoms with Gasteiger partial charge in [0.05, 0.1) is 0 Å². The Morgan fingerprint density at radius 3 is 2.54 bits per heavy atom. The Balaban J connectivity index is 1.77. The molecule has 0 saturated carbocycles. The van der Waals surface area contributed by atoms with E-state index in [4.69, 9.17) is 4.42 Å². The van der Waals surface area contributed by atoms with Crippen molar-refractivity contribution in [2.24, 2.45) is 0 Å². The standard InChI is InChI=1S/C20H22N2O2/c1-12-5-6-13(2)18-17(12)15(4)19(24-18)20(23)22-10-8-16-7-9-21-11-14(16)3/h5-7,9,11H,8,10H2,1-4H3,(H,22,23). The molecular formula is C20H22N2O2. The van der Waals surface area contributed by atoms with Crippen LogP contribution in [0, 0.1) is 27.7 Å². The van der Waals surface area contributed by atoms with Crippen LogP contribution in [0.25, 0.3) is 11.0 Å². The zero-order valence-corrected chi connectivity index (χ0v) is 14.6. The van der Waals surface area contributed by atoms with Crippen molar-refractivity contribution in [1.82, 2.24) is 10.3 Å². The molecule has 0 spiro atoms. The third-order valence-electron chi connectivity index (χ3n) is 4.51. The minimum atomic E-state index is -0.158. The second kappa shape index (κ2) is 6.48. The number of rotatable bonds is 4. The second-order valence-electron chi connectivity index (χ2n) is 6.27. The molecule has 0 unspecified atom stereocenters. The average Bonchev–Trinajstić information content (AvgIpc) is 2.92. The van der Waals surface area contributed by atoms with Crippen molar-refractivity contribution < 1.29 is 9.21 Å². The number of furan rings is 1. The van der Waals surface area contributed by atoms with E-state index in [0.29, 0.717) is 12.3 Å². The fraction of sp³-hybridized carbons (Fsp3) is 0.300. The summed E-state index contributed by atoms with van der Waals surface area (Å²) in [4.78, 5) is 16.6. The van der Waals surface area contributed by atoms with Gasteiger partial charge in [-0.1, -0.05) is 12.1 Å². The summed E-state index contributed by atoms with van der Waals surface area (Å²) in [6.45, 7) is 8.58. The number of amides is 1. The SMILES string of the molecule is Cc1cnccc1CCNC(=O)c1oc2c(C)ccc(C)c2c1C. The van der Waals surface area contributed by atoms with Gasteiger partial charge in [0.1, 0.15) is 5.58 Å². The first kappa shape index (κ1) is 16.2. The average molecular weight is 322 g/mol. The van der Waals surface area contributed by atoms with Gasteiger partial charge < -0.3 is 9.73 Å². The highest BCUT2D eigenvalue weighted by Crippen LogP contribution is 2.30. The molecule has 124 valence electrons. The Labute approximate surface area is 141 Å². The van der Waals surface area contributed by atoms with E-state index in [2.05, 4.69) is 16.4 Å². The Hall–Kier alpha value is -2.62. The van der Waals surface area contributed by atoms with E-state index in [0.717, 1.165) is 39.6 Å². The summed E-state index contributed by atoms with van der Waals surface area (Å²) in [5.41, 5.74) is 6.22. The minimum Gasteiger partial charge on any atom is -0.450 e. The van der Waals surface area contributed by atoms with Gasteiger partial charge >= 0.3 is 0 Å². The smallest absolute Gasteiger partial charge is 0.287 e. The molecule has 2 heterocycles. The summed E-state index contributed by atoms with van der Waals surface area (Å²) in [5.74, 6) is 0.253. The number of carbonyl (C=O) groups excluding carboxylic acids is 1. The van der Waals surface area contributed by atoms with Gasteiger partial charge in [0.15, 0.2) is 5.76 Å². The molecule has 0 bridgehead atoms. The highest BCUT2D eigenvalue weighted by atomic mass is 16.3. The molecular weight excluding hydrogens is 300 g/mol. The summed E-state index contributed by atoms with van der Waals surface area (Å²) >= 11 is 0. The lowest BCUT2D eigenvalue weighted by Crippen LogP contribution is -2.26. The Bertz CT molecular complexity index is 909. The lowest BCUT2D eigenvalue weighted by Gasteiger charge is -2.06. The van der Waals surface area contributed by atoms with Gasteiger partial charge in [-0.3, -0.25) is 9.78 Å². The molecule has 4 heteroatoms. The Kier molecular flexibility index (Phi) is 4.38. The molecule has 0 aliphatic rings. The largest absolute Gasteiger partial charge is 0.450 e. The third-order valence-corrected chi connectivity index (χ3v) is 4.51. The number of hydrogen-bond donors (Lipinski definition) is 1. The number of hydrogen-bond acceptors (Lipinski definition) is 3. The minimum absolute atomic E-state index is 0.158. The van der Waals surface area contributed by atoms with Crippen LogP contribution in [-0.4, -0.2) is 17.4 Å². The van der Waals surface area contributed by atoms with Crippen molar-refractivity contribution in [2.75, 3.05) is 6.54 Å². The van der Waals surface area contributed by atoms with E-state index in [1.807, 2.05) is 46.0 Å². The molecule has 0 radical (unpaired) electrons. The van der Waals surface area contributed by atoms with Crippen molar-refractivity contribution >= 4 is 16.9 Å². The van der Waals surface area contributed by atoms with Gasteiger partial charge in [0, 0.05) is 29.9 Å². The maximum absolute atomic E-state index is 12.5. The van der Waals surface area contributed by atoms with Crippen molar-refractivity contribution in [3.63, 3.8) is 0 Å². The number of nitrogens with one attached hydrogen (secondary N) is 1.